The van der Waals surface area contributed by atoms with Crippen LogP contribution in [-0.2, 0) is 0 Å². The van der Waals surface area contributed by atoms with E-state index in [9.17, 15) is 0 Å². The number of nitrogens with zero attached hydrogens (tertiary/aromatic N) is 3. The third-order valence-electron chi connectivity index (χ3n) is 3.33. The predicted molar refractivity (Wildman–Crippen MR) is 93.2 cm³/mol. The molecule has 0 fully saturated rings. The Balaban J connectivity index is 1.86. The van der Waals surface area contributed by atoms with E-state index in [4.69, 9.17) is 5.73 Å². The van der Waals surface area contributed by atoms with Gasteiger partial charge in [-0.05, 0) is 49.2 Å². The first-order chi connectivity index (χ1) is 11.1. The van der Waals surface area contributed by atoms with Crippen molar-refractivity contribution >= 4 is 28.8 Å². The quantitative estimate of drug-likeness (QED) is 0.683. The summed E-state index contributed by atoms with van der Waals surface area (Å²) in [6.45, 7) is 4.03. The summed E-state index contributed by atoms with van der Waals surface area (Å²) in [5.41, 5.74) is 9.81. The monoisotopic (exact) mass is 306 g/mol. The van der Waals surface area contributed by atoms with Gasteiger partial charge in [0.1, 0.15) is 17.8 Å². The Morgan fingerprint density at radius 3 is 2.35 bits per heavy atom. The molecule has 0 saturated heterocycles. The van der Waals surface area contributed by atoms with Crippen molar-refractivity contribution in [2.45, 2.75) is 13.8 Å². The SMILES string of the molecule is Cc1cccc(Nc2ncnc(Nc3cc(C)ccn3)c2N)c1. The highest BCUT2D eigenvalue weighted by molar-refractivity contribution is 5.79. The van der Waals surface area contributed by atoms with Gasteiger partial charge in [0.05, 0.1) is 0 Å². The van der Waals surface area contributed by atoms with Gasteiger partial charge in [0.15, 0.2) is 11.6 Å². The van der Waals surface area contributed by atoms with Gasteiger partial charge >= 0.3 is 0 Å². The molecule has 6 heteroatoms. The van der Waals surface area contributed by atoms with E-state index in [1.807, 2.05) is 50.2 Å². The number of hydrogen-bond donors (Lipinski definition) is 3. The minimum absolute atomic E-state index is 0.442. The summed E-state index contributed by atoms with van der Waals surface area (Å²) >= 11 is 0. The molecule has 3 rings (SSSR count). The molecule has 0 amide bonds. The molecular formula is C17H18N6. The largest absolute Gasteiger partial charge is 0.393 e. The van der Waals surface area contributed by atoms with Gasteiger partial charge in [-0.15, -0.1) is 0 Å². The van der Waals surface area contributed by atoms with Crippen LogP contribution in [0.15, 0.2) is 48.9 Å². The Kier molecular flexibility index (Phi) is 4.05. The molecule has 0 aliphatic carbocycles. The molecular weight excluding hydrogens is 288 g/mol. The van der Waals surface area contributed by atoms with Gasteiger partial charge in [-0.3, -0.25) is 0 Å². The smallest absolute Gasteiger partial charge is 0.160 e. The summed E-state index contributed by atoms with van der Waals surface area (Å²) in [7, 11) is 0. The Bertz CT molecular complexity index is 765. The fraction of sp³-hybridized carbons (Fsp3) is 0.118. The number of nitrogens with two attached hydrogens (primary N) is 1. The van der Waals surface area contributed by atoms with Crippen molar-refractivity contribution in [3.8, 4) is 0 Å². The average molecular weight is 306 g/mol. The minimum atomic E-state index is 0.442. The number of pyridine rings is 1. The van der Waals surface area contributed by atoms with E-state index in [1.54, 1.807) is 6.20 Å². The van der Waals surface area contributed by atoms with E-state index in [0.29, 0.717) is 23.1 Å². The molecule has 1 aromatic carbocycles. The molecule has 0 bridgehead atoms. The summed E-state index contributed by atoms with van der Waals surface area (Å²) in [5.74, 6) is 1.77. The number of benzene rings is 1. The van der Waals surface area contributed by atoms with E-state index in [2.05, 4.69) is 25.6 Å². The van der Waals surface area contributed by atoms with Crippen molar-refractivity contribution in [2.24, 2.45) is 0 Å². The number of rotatable bonds is 4. The van der Waals surface area contributed by atoms with Crippen LogP contribution in [-0.4, -0.2) is 15.0 Å². The zero-order valence-electron chi connectivity index (χ0n) is 13.0. The van der Waals surface area contributed by atoms with Crippen LogP contribution in [0.25, 0.3) is 0 Å². The number of nitrogen functional groups attached to an aromatic ring is 1. The summed E-state index contributed by atoms with van der Waals surface area (Å²) < 4.78 is 0. The van der Waals surface area contributed by atoms with E-state index >= 15 is 0 Å². The van der Waals surface area contributed by atoms with Gasteiger partial charge in [0, 0.05) is 11.9 Å². The Morgan fingerprint density at radius 2 is 1.61 bits per heavy atom. The minimum Gasteiger partial charge on any atom is -0.393 e. The van der Waals surface area contributed by atoms with Crippen LogP contribution in [0.5, 0.6) is 0 Å². The highest BCUT2D eigenvalue weighted by atomic mass is 15.1. The average Bonchev–Trinajstić information content (AvgIpc) is 2.51. The van der Waals surface area contributed by atoms with Gasteiger partial charge in [0.2, 0.25) is 0 Å². The van der Waals surface area contributed by atoms with Gasteiger partial charge < -0.3 is 16.4 Å². The van der Waals surface area contributed by atoms with E-state index in [0.717, 1.165) is 16.8 Å². The Morgan fingerprint density at radius 1 is 0.870 bits per heavy atom. The molecule has 2 aromatic heterocycles. The second-order valence-electron chi connectivity index (χ2n) is 5.32. The first-order valence-corrected chi connectivity index (χ1v) is 7.25. The molecule has 6 nitrogen and oxygen atoms in total. The summed E-state index contributed by atoms with van der Waals surface area (Å²) in [6, 6.07) is 11.9. The van der Waals surface area contributed by atoms with Crippen molar-refractivity contribution in [1.82, 2.24) is 15.0 Å². The van der Waals surface area contributed by atoms with Gasteiger partial charge in [-0.1, -0.05) is 12.1 Å². The molecule has 0 aliphatic heterocycles. The molecule has 0 aliphatic rings. The summed E-state index contributed by atoms with van der Waals surface area (Å²) in [4.78, 5) is 12.7. The van der Waals surface area contributed by atoms with Crippen molar-refractivity contribution < 1.29 is 0 Å². The summed E-state index contributed by atoms with van der Waals surface area (Å²) in [5, 5.41) is 6.34. The molecule has 0 spiro atoms. The van der Waals surface area contributed by atoms with Crippen molar-refractivity contribution in [3.05, 3.63) is 60.0 Å². The summed E-state index contributed by atoms with van der Waals surface area (Å²) in [6.07, 6.45) is 3.20. The van der Waals surface area contributed by atoms with Crippen molar-refractivity contribution in [3.63, 3.8) is 0 Å². The first kappa shape index (κ1) is 14.8. The second kappa shape index (κ2) is 6.31. The maximum absolute atomic E-state index is 6.18. The number of hydrogen-bond acceptors (Lipinski definition) is 6. The van der Waals surface area contributed by atoms with Crippen LogP contribution in [0.1, 0.15) is 11.1 Å². The van der Waals surface area contributed by atoms with Crippen LogP contribution < -0.4 is 16.4 Å². The second-order valence-corrected chi connectivity index (χ2v) is 5.32. The normalized spacial score (nSPS) is 10.3. The van der Waals surface area contributed by atoms with Crippen LogP contribution in [0.3, 0.4) is 0 Å². The maximum atomic E-state index is 6.18. The van der Waals surface area contributed by atoms with Crippen LogP contribution in [0.2, 0.25) is 0 Å². The zero-order valence-corrected chi connectivity index (χ0v) is 13.0. The van der Waals surface area contributed by atoms with Crippen LogP contribution in [0.4, 0.5) is 28.8 Å². The van der Waals surface area contributed by atoms with Gasteiger partial charge in [-0.25, -0.2) is 15.0 Å². The fourth-order valence-electron chi connectivity index (χ4n) is 2.18. The Hall–Kier alpha value is -3.15. The van der Waals surface area contributed by atoms with Crippen molar-refractivity contribution in [1.29, 1.82) is 0 Å². The zero-order chi connectivity index (χ0) is 16.2. The fourth-order valence-corrected chi connectivity index (χ4v) is 2.18. The number of aromatic nitrogens is 3. The molecule has 0 atom stereocenters. The number of aryl methyl sites for hydroxylation is 2. The van der Waals surface area contributed by atoms with Crippen LogP contribution in [0, 0.1) is 13.8 Å². The third kappa shape index (κ3) is 3.55. The van der Waals surface area contributed by atoms with Crippen LogP contribution >= 0.6 is 0 Å². The lowest BCUT2D eigenvalue weighted by Gasteiger charge is -2.12. The standard InChI is InChI=1S/C17H18N6/c1-11-4-3-5-13(8-11)22-16-15(18)17(21-10-20-16)23-14-9-12(2)6-7-19-14/h3-10H,18H2,1-2H3,(H2,19,20,21,22,23). The molecule has 4 N–H and O–H groups in total. The molecule has 0 unspecified atom stereocenters. The molecule has 23 heavy (non-hydrogen) atoms. The lowest BCUT2D eigenvalue weighted by atomic mass is 10.2. The highest BCUT2D eigenvalue weighted by Gasteiger charge is 2.09. The molecule has 116 valence electrons. The number of anilines is 5. The van der Waals surface area contributed by atoms with E-state index in [1.165, 1.54) is 6.33 Å². The Labute approximate surface area is 134 Å². The first-order valence-electron chi connectivity index (χ1n) is 7.25. The van der Waals surface area contributed by atoms with E-state index in [-0.39, 0.29) is 0 Å². The molecule has 0 radical (unpaired) electrons. The van der Waals surface area contributed by atoms with Crippen molar-refractivity contribution in [2.75, 3.05) is 16.4 Å². The lowest BCUT2D eigenvalue weighted by Crippen LogP contribution is -2.06. The maximum Gasteiger partial charge on any atom is 0.160 e. The third-order valence-corrected chi connectivity index (χ3v) is 3.33. The molecule has 0 saturated carbocycles. The van der Waals surface area contributed by atoms with Gasteiger partial charge in [0.25, 0.3) is 0 Å². The van der Waals surface area contributed by atoms with Gasteiger partial charge in [-0.2, -0.15) is 0 Å². The van der Waals surface area contributed by atoms with E-state index < -0.39 is 0 Å². The molecule has 3 aromatic rings. The number of nitrogens with one attached hydrogen (secondary N) is 2. The highest BCUT2D eigenvalue weighted by Crippen LogP contribution is 2.27. The topological polar surface area (TPSA) is 88.8 Å². The lowest BCUT2D eigenvalue weighted by molar-refractivity contribution is 1.16. The predicted octanol–water partition coefficient (Wildman–Crippen LogP) is 3.56. The molecule has 2 heterocycles.